The topological polar surface area (TPSA) is 60.2 Å². The minimum Gasteiger partial charge on any atom is -0.383 e. The van der Waals surface area contributed by atoms with Gasteiger partial charge in [0, 0.05) is 39.6 Å². The van der Waals surface area contributed by atoms with E-state index in [0.717, 1.165) is 38.3 Å². The SMILES string of the molecule is COCCn1cnnc1[C@@H]1CCCN(C(C)=O)C1. The van der Waals surface area contributed by atoms with Gasteiger partial charge in [0.25, 0.3) is 0 Å². The Labute approximate surface area is 107 Å². The van der Waals surface area contributed by atoms with Crippen molar-refractivity contribution in [1.82, 2.24) is 19.7 Å². The molecule has 6 heteroatoms. The molecule has 1 atom stereocenters. The lowest BCUT2D eigenvalue weighted by Crippen LogP contribution is -2.38. The number of nitrogens with zero attached hydrogens (tertiary/aromatic N) is 4. The van der Waals surface area contributed by atoms with Crippen LogP contribution in [0.5, 0.6) is 0 Å². The van der Waals surface area contributed by atoms with Gasteiger partial charge in [0.1, 0.15) is 12.2 Å². The first-order valence-electron chi connectivity index (χ1n) is 6.34. The van der Waals surface area contributed by atoms with Crippen molar-refractivity contribution in [2.75, 3.05) is 26.8 Å². The van der Waals surface area contributed by atoms with Crippen molar-refractivity contribution in [3.8, 4) is 0 Å². The van der Waals surface area contributed by atoms with E-state index in [0.29, 0.717) is 12.5 Å². The minimum atomic E-state index is 0.141. The molecule has 1 amide bonds. The van der Waals surface area contributed by atoms with Crippen molar-refractivity contribution < 1.29 is 9.53 Å². The van der Waals surface area contributed by atoms with Crippen LogP contribution in [0.3, 0.4) is 0 Å². The summed E-state index contributed by atoms with van der Waals surface area (Å²) in [6.45, 7) is 4.64. The Morgan fingerprint density at radius 3 is 3.17 bits per heavy atom. The molecule has 0 N–H and O–H groups in total. The van der Waals surface area contributed by atoms with E-state index in [1.54, 1.807) is 20.4 Å². The smallest absolute Gasteiger partial charge is 0.219 e. The Balaban J connectivity index is 2.06. The Kier molecular flexibility index (Phi) is 4.30. The summed E-state index contributed by atoms with van der Waals surface area (Å²) in [6.07, 6.45) is 3.83. The van der Waals surface area contributed by atoms with E-state index in [9.17, 15) is 4.79 Å². The number of amides is 1. The molecule has 1 aromatic rings. The van der Waals surface area contributed by atoms with E-state index in [1.807, 2.05) is 9.47 Å². The normalized spacial score (nSPS) is 20.1. The predicted molar refractivity (Wildman–Crippen MR) is 66.1 cm³/mol. The molecular weight excluding hydrogens is 232 g/mol. The number of piperidine rings is 1. The number of carbonyl (C=O) groups excluding carboxylic acids is 1. The molecule has 0 aromatic carbocycles. The number of hydrogen-bond acceptors (Lipinski definition) is 4. The summed E-state index contributed by atoms with van der Waals surface area (Å²) in [5.41, 5.74) is 0. The van der Waals surface area contributed by atoms with Gasteiger partial charge in [-0.25, -0.2) is 0 Å². The Hall–Kier alpha value is -1.43. The number of methoxy groups -OCH3 is 1. The zero-order valence-electron chi connectivity index (χ0n) is 11.0. The second kappa shape index (κ2) is 5.95. The molecule has 0 saturated carbocycles. The van der Waals surface area contributed by atoms with Crippen LogP contribution in [0.15, 0.2) is 6.33 Å². The molecule has 2 rings (SSSR count). The van der Waals surface area contributed by atoms with Crippen molar-refractivity contribution in [3.63, 3.8) is 0 Å². The molecule has 0 unspecified atom stereocenters. The molecule has 100 valence electrons. The standard InChI is InChI=1S/C12H20N4O2/c1-10(17)15-5-3-4-11(8-15)12-14-13-9-16(12)6-7-18-2/h9,11H,3-8H2,1-2H3/t11-/m1/s1. The highest BCUT2D eigenvalue weighted by Crippen LogP contribution is 2.25. The van der Waals surface area contributed by atoms with Crippen molar-refractivity contribution in [1.29, 1.82) is 0 Å². The molecule has 1 aliphatic heterocycles. The zero-order valence-corrected chi connectivity index (χ0v) is 11.0. The average molecular weight is 252 g/mol. The molecule has 0 bridgehead atoms. The van der Waals surface area contributed by atoms with Gasteiger partial charge in [0.05, 0.1) is 6.61 Å². The Morgan fingerprint density at radius 1 is 1.61 bits per heavy atom. The number of ether oxygens (including phenoxy) is 1. The molecule has 1 aromatic heterocycles. The third kappa shape index (κ3) is 2.87. The predicted octanol–water partition coefficient (Wildman–Crippen LogP) is 0.650. The van der Waals surface area contributed by atoms with Crippen molar-refractivity contribution in [2.24, 2.45) is 0 Å². The van der Waals surface area contributed by atoms with Crippen LogP contribution >= 0.6 is 0 Å². The van der Waals surface area contributed by atoms with Gasteiger partial charge in [-0.3, -0.25) is 4.79 Å². The molecule has 1 saturated heterocycles. The summed E-state index contributed by atoms with van der Waals surface area (Å²) in [6, 6.07) is 0. The van der Waals surface area contributed by atoms with E-state index < -0.39 is 0 Å². The van der Waals surface area contributed by atoms with Gasteiger partial charge in [-0.05, 0) is 12.8 Å². The van der Waals surface area contributed by atoms with Crippen molar-refractivity contribution in [3.05, 3.63) is 12.2 Å². The summed E-state index contributed by atoms with van der Waals surface area (Å²) < 4.78 is 7.10. The van der Waals surface area contributed by atoms with Crippen LogP contribution in [0.25, 0.3) is 0 Å². The molecule has 6 nitrogen and oxygen atoms in total. The molecule has 0 radical (unpaired) electrons. The molecule has 0 spiro atoms. The van der Waals surface area contributed by atoms with Crippen molar-refractivity contribution >= 4 is 5.91 Å². The van der Waals surface area contributed by atoms with Gasteiger partial charge in [0.2, 0.25) is 5.91 Å². The lowest BCUT2D eigenvalue weighted by atomic mass is 9.97. The van der Waals surface area contributed by atoms with Crippen molar-refractivity contribution in [2.45, 2.75) is 32.2 Å². The van der Waals surface area contributed by atoms with E-state index in [-0.39, 0.29) is 5.91 Å². The average Bonchev–Trinajstić information content (AvgIpc) is 2.84. The fourth-order valence-electron chi connectivity index (χ4n) is 2.42. The minimum absolute atomic E-state index is 0.141. The maximum Gasteiger partial charge on any atom is 0.219 e. The van der Waals surface area contributed by atoms with Crippen LogP contribution in [0.2, 0.25) is 0 Å². The summed E-state index contributed by atoms with van der Waals surface area (Å²) in [5, 5.41) is 8.18. The number of likely N-dealkylation sites (tertiary alicyclic amines) is 1. The summed E-state index contributed by atoms with van der Waals surface area (Å²) in [5.74, 6) is 1.41. The van der Waals surface area contributed by atoms with Gasteiger partial charge in [0.15, 0.2) is 0 Å². The van der Waals surface area contributed by atoms with Gasteiger partial charge in [-0.1, -0.05) is 0 Å². The van der Waals surface area contributed by atoms with Gasteiger partial charge < -0.3 is 14.2 Å². The lowest BCUT2D eigenvalue weighted by molar-refractivity contribution is -0.130. The third-order valence-corrected chi connectivity index (χ3v) is 3.41. The first kappa shape index (κ1) is 13.0. The van der Waals surface area contributed by atoms with Crippen LogP contribution in [0, 0.1) is 0 Å². The lowest BCUT2D eigenvalue weighted by Gasteiger charge is -2.31. The first-order valence-corrected chi connectivity index (χ1v) is 6.34. The third-order valence-electron chi connectivity index (χ3n) is 3.41. The van der Waals surface area contributed by atoms with Crippen LogP contribution in [0.4, 0.5) is 0 Å². The van der Waals surface area contributed by atoms with E-state index in [1.165, 1.54) is 0 Å². The second-order valence-corrected chi connectivity index (χ2v) is 4.68. The number of aromatic nitrogens is 3. The Morgan fingerprint density at radius 2 is 2.44 bits per heavy atom. The largest absolute Gasteiger partial charge is 0.383 e. The number of hydrogen-bond donors (Lipinski definition) is 0. The molecule has 0 aliphatic carbocycles. The van der Waals surface area contributed by atoms with Crippen LogP contribution in [-0.2, 0) is 16.1 Å². The maximum atomic E-state index is 11.4. The first-order chi connectivity index (χ1) is 8.72. The summed E-state index contributed by atoms with van der Waals surface area (Å²) in [7, 11) is 1.68. The molecular formula is C12H20N4O2. The van der Waals surface area contributed by atoms with E-state index >= 15 is 0 Å². The second-order valence-electron chi connectivity index (χ2n) is 4.68. The van der Waals surface area contributed by atoms with Crippen LogP contribution in [-0.4, -0.2) is 52.4 Å². The highest BCUT2D eigenvalue weighted by atomic mass is 16.5. The summed E-state index contributed by atoms with van der Waals surface area (Å²) in [4.78, 5) is 13.3. The zero-order chi connectivity index (χ0) is 13.0. The van der Waals surface area contributed by atoms with E-state index in [2.05, 4.69) is 10.2 Å². The molecule has 1 aliphatic rings. The molecule has 18 heavy (non-hydrogen) atoms. The van der Waals surface area contributed by atoms with Gasteiger partial charge in [-0.2, -0.15) is 0 Å². The molecule has 1 fully saturated rings. The highest BCUT2D eigenvalue weighted by Gasteiger charge is 2.26. The Bertz CT molecular complexity index is 405. The maximum absolute atomic E-state index is 11.4. The van der Waals surface area contributed by atoms with Crippen LogP contribution in [0.1, 0.15) is 31.5 Å². The highest BCUT2D eigenvalue weighted by molar-refractivity contribution is 5.73. The monoisotopic (exact) mass is 252 g/mol. The summed E-state index contributed by atoms with van der Waals surface area (Å²) >= 11 is 0. The number of carbonyl (C=O) groups is 1. The fourth-order valence-corrected chi connectivity index (χ4v) is 2.42. The van der Waals surface area contributed by atoms with E-state index in [4.69, 9.17) is 4.74 Å². The quantitative estimate of drug-likeness (QED) is 0.789. The number of rotatable bonds is 4. The molecule has 2 heterocycles. The van der Waals surface area contributed by atoms with Gasteiger partial charge >= 0.3 is 0 Å². The van der Waals surface area contributed by atoms with Crippen LogP contribution < -0.4 is 0 Å². The fraction of sp³-hybridized carbons (Fsp3) is 0.750. The van der Waals surface area contributed by atoms with Gasteiger partial charge in [-0.15, -0.1) is 10.2 Å².